The summed E-state index contributed by atoms with van der Waals surface area (Å²) in [5.41, 5.74) is 0. The van der Waals surface area contributed by atoms with Gasteiger partial charge in [0, 0.05) is 13.1 Å². The zero-order valence-corrected chi connectivity index (χ0v) is 11.2. The molecule has 0 rings (SSSR count). The first-order valence-electron chi connectivity index (χ1n) is 6.02. The summed E-state index contributed by atoms with van der Waals surface area (Å²) >= 11 is 0. The number of likely N-dealkylation sites (N-methyl/N-ethyl adjacent to an activating group) is 1. The number of rotatable bonds is 7. The second-order valence-corrected chi connectivity index (χ2v) is 4.79. The van der Waals surface area contributed by atoms with Crippen LogP contribution < -0.4 is 10.6 Å². The lowest BCUT2D eigenvalue weighted by atomic mass is 9.96. The summed E-state index contributed by atoms with van der Waals surface area (Å²) in [6.45, 7) is 12.1. The zero-order valence-electron chi connectivity index (χ0n) is 11.2. The summed E-state index contributed by atoms with van der Waals surface area (Å²) in [7, 11) is 1.68. The van der Waals surface area contributed by atoms with Gasteiger partial charge >= 0.3 is 0 Å². The highest BCUT2D eigenvalue weighted by molar-refractivity contribution is 5.81. The second-order valence-electron chi connectivity index (χ2n) is 4.79. The molecular formula is C13H26N2O. The molecule has 2 N–H and O–H groups in total. The predicted octanol–water partition coefficient (Wildman–Crippen LogP) is 1.95. The number of hydrogen-bond acceptors (Lipinski definition) is 2. The van der Waals surface area contributed by atoms with Gasteiger partial charge in [0.2, 0.25) is 5.91 Å². The summed E-state index contributed by atoms with van der Waals surface area (Å²) in [6, 6.07) is 0.190. The van der Waals surface area contributed by atoms with Gasteiger partial charge in [-0.1, -0.05) is 26.8 Å². The monoisotopic (exact) mass is 226 g/mol. The van der Waals surface area contributed by atoms with E-state index in [2.05, 4.69) is 44.9 Å². The van der Waals surface area contributed by atoms with Crippen LogP contribution >= 0.6 is 0 Å². The summed E-state index contributed by atoms with van der Waals surface area (Å²) in [6.07, 6.45) is 2.89. The van der Waals surface area contributed by atoms with E-state index in [9.17, 15) is 4.79 Å². The average molecular weight is 226 g/mol. The highest BCUT2D eigenvalue weighted by Crippen LogP contribution is 2.11. The predicted molar refractivity (Wildman–Crippen MR) is 69.3 cm³/mol. The van der Waals surface area contributed by atoms with E-state index in [1.807, 2.05) is 6.08 Å². The molecule has 0 radical (unpaired) electrons. The van der Waals surface area contributed by atoms with Crippen molar-refractivity contribution in [1.82, 2.24) is 10.6 Å². The molecular weight excluding hydrogens is 200 g/mol. The Kier molecular flexibility index (Phi) is 7.06. The van der Waals surface area contributed by atoms with Crippen molar-refractivity contribution in [2.75, 3.05) is 7.05 Å². The van der Waals surface area contributed by atoms with Crippen molar-refractivity contribution in [3.63, 3.8) is 0 Å². The van der Waals surface area contributed by atoms with Gasteiger partial charge in [0.15, 0.2) is 0 Å². The van der Waals surface area contributed by atoms with E-state index in [-0.39, 0.29) is 11.9 Å². The summed E-state index contributed by atoms with van der Waals surface area (Å²) in [5, 5.41) is 6.09. The number of allylic oxidation sites excluding steroid dienone is 1. The van der Waals surface area contributed by atoms with Crippen LogP contribution in [-0.2, 0) is 4.79 Å². The number of nitrogens with one attached hydrogen (secondary N) is 2. The van der Waals surface area contributed by atoms with E-state index in [4.69, 9.17) is 0 Å². The lowest BCUT2D eigenvalue weighted by Crippen LogP contribution is -2.51. The van der Waals surface area contributed by atoms with Crippen molar-refractivity contribution in [3.8, 4) is 0 Å². The fraction of sp³-hybridized carbons (Fsp3) is 0.769. The van der Waals surface area contributed by atoms with Crippen LogP contribution in [0.15, 0.2) is 12.7 Å². The SMILES string of the molecule is C=CCC(C)C(C)NC(C(=O)NC)C(C)C. The van der Waals surface area contributed by atoms with E-state index in [0.29, 0.717) is 17.9 Å². The molecule has 0 spiro atoms. The van der Waals surface area contributed by atoms with Crippen LogP contribution in [0.3, 0.4) is 0 Å². The van der Waals surface area contributed by atoms with Crippen molar-refractivity contribution in [2.24, 2.45) is 11.8 Å². The van der Waals surface area contributed by atoms with Crippen molar-refractivity contribution in [1.29, 1.82) is 0 Å². The van der Waals surface area contributed by atoms with Gasteiger partial charge < -0.3 is 10.6 Å². The quantitative estimate of drug-likeness (QED) is 0.651. The number of carbonyl (C=O) groups excluding carboxylic acids is 1. The summed E-state index contributed by atoms with van der Waals surface area (Å²) in [4.78, 5) is 11.7. The summed E-state index contributed by atoms with van der Waals surface area (Å²) in [5.74, 6) is 0.842. The Balaban J connectivity index is 4.39. The largest absolute Gasteiger partial charge is 0.358 e. The van der Waals surface area contributed by atoms with E-state index in [0.717, 1.165) is 6.42 Å². The molecule has 3 atom stereocenters. The van der Waals surface area contributed by atoms with Crippen LogP contribution in [0.1, 0.15) is 34.1 Å². The normalized spacial score (nSPS) is 16.6. The molecule has 0 aliphatic carbocycles. The van der Waals surface area contributed by atoms with Gasteiger partial charge in [0.05, 0.1) is 6.04 Å². The molecule has 16 heavy (non-hydrogen) atoms. The lowest BCUT2D eigenvalue weighted by molar-refractivity contribution is -0.124. The first kappa shape index (κ1) is 15.2. The maximum atomic E-state index is 11.7. The first-order chi connectivity index (χ1) is 7.43. The fourth-order valence-corrected chi connectivity index (χ4v) is 1.64. The molecule has 0 aromatic rings. The highest BCUT2D eigenvalue weighted by atomic mass is 16.2. The molecule has 0 saturated carbocycles. The number of carbonyl (C=O) groups is 1. The first-order valence-corrected chi connectivity index (χ1v) is 6.02. The van der Waals surface area contributed by atoms with Gasteiger partial charge in [0.1, 0.15) is 0 Å². The minimum absolute atomic E-state index is 0.0626. The molecule has 0 heterocycles. The number of hydrogen-bond donors (Lipinski definition) is 2. The molecule has 3 heteroatoms. The average Bonchev–Trinajstić information content (AvgIpc) is 2.24. The molecule has 0 aromatic carbocycles. The van der Waals surface area contributed by atoms with Crippen molar-refractivity contribution in [3.05, 3.63) is 12.7 Å². The molecule has 0 bridgehead atoms. The third-order valence-corrected chi connectivity index (χ3v) is 3.03. The Labute approximate surface area is 99.7 Å². The van der Waals surface area contributed by atoms with Crippen LogP contribution in [0.2, 0.25) is 0 Å². The third kappa shape index (κ3) is 4.79. The van der Waals surface area contributed by atoms with Gasteiger partial charge in [-0.05, 0) is 25.2 Å². The minimum atomic E-state index is -0.118. The minimum Gasteiger partial charge on any atom is -0.358 e. The van der Waals surface area contributed by atoms with Crippen molar-refractivity contribution in [2.45, 2.75) is 46.2 Å². The maximum absolute atomic E-state index is 11.7. The zero-order chi connectivity index (χ0) is 12.7. The van der Waals surface area contributed by atoms with E-state index in [1.165, 1.54) is 0 Å². The van der Waals surface area contributed by atoms with Crippen LogP contribution in [-0.4, -0.2) is 25.0 Å². The Morgan fingerprint density at radius 2 is 1.88 bits per heavy atom. The Bertz CT molecular complexity index is 226. The molecule has 0 saturated heterocycles. The van der Waals surface area contributed by atoms with Crippen LogP contribution in [0.5, 0.6) is 0 Å². The van der Waals surface area contributed by atoms with Crippen molar-refractivity contribution < 1.29 is 4.79 Å². The van der Waals surface area contributed by atoms with Crippen LogP contribution in [0.4, 0.5) is 0 Å². The lowest BCUT2D eigenvalue weighted by Gasteiger charge is -2.28. The van der Waals surface area contributed by atoms with Crippen LogP contribution in [0, 0.1) is 11.8 Å². The third-order valence-electron chi connectivity index (χ3n) is 3.03. The highest BCUT2D eigenvalue weighted by Gasteiger charge is 2.24. The summed E-state index contributed by atoms with van der Waals surface area (Å²) < 4.78 is 0. The number of amides is 1. The van der Waals surface area contributed by atoms with Gasteiger partial charge in [-0.3, -0.25) is 4.79 Å². The van der Waals surface area contributed by atoms with Gasteiger partial charge in [-0.25, -0.2) is 0 Å². The molecule has 0 fully saturated rings. The van der Waals surface area contributed by atoms with Gasteiger partial charge in [-0.2, -0.15) is 0 Å². The fourth-order valence-electron chi connectivity index (χ4n) is 1.64. The Hall–Kier alpha value is -0.830. The molecule has 0 aliphatic heterocycles. The molecule has 0 aliphatic rings. The van der Waals surface area contributed by atoms with Gasteiger partial charge in [-0.15, -0.1) is 6.58 Å². The molecule has 0 aromatic heterocycles. The Morgan fingerprint density at radius 3 is 2.25 bits per heavy atom. The molecule has 3 unspecified atom stereocenters. The molecule has 94 valence electrons. The molecule has 3 nitrogen and oxygen atoms in total. The molecule has 1 amide bonds. The smallest absolute Gasteiger partial charge is 0.237 e. The van der Waals surface area contributed by atoms with E-state index < -0.39 is 0 Å². The second kappa shape index (κ2) is 7.44. The van der Waals surface area contributed by atoms with E-state index >= 15 is 0 Å². The maximum Gasteiger partial charge on any atom is 0.237 e. The van der Waals surface area contributed by atoms with E-state index in [1.54, 1.807) is 7.05 Å². The van der Waals surface area contributed by atoms with Crippen LogP contribution in [0.25, 0.3) is 0 Å². The topological polar surface area (TPSA) is 41.1 Å². The van der Waals surface area contributed by atoms with Gasteiger partial charge in [0.25, 0.3) is 0 Å². The standard InChI is InChI=1S/C13H26N2O/c1-7-8-10(4)11(5)15-12(9(2)3)13(16)14-6/h7,9-12,15H,1,8H2,2-6H3,(H,14,16). The van der Waals surface area contributed by atoms with Crippen molar-refractivity contribution >= 4 is 5.91 Å². The Morgan fingerprint density at radius 1 is 1.31 bits per heavy atom.